The Morgan fingerprint density at radius 1 is 0.912 bits per heavy atom. The lowest BCUT2D eigenvalue weighted by molar-refractivity contribution is 0.0745. The number of benzene rings is 3. The summed E-state index contributed by atoms with van der Waals surface area (Å²) in [6.45, 7) is 2.82. The van der Waals surface area contributed by atoms with Gasteiger partial charge >= 0.3 is 0 Å². The highest BCUT2D eigenvalue weighted by atomic mass is 35.5. The molecule has 5 rings (SSSR count). The predicted octanol–water partition coefficient (Wildman–Crippen LogP) is 3.86. The number of anilines is 1. The first kappa shape index (κ1) is 21.9. The van der Waals surface area contributed by atoms with Crippen molar-refractivity contribution in [2.75, 3.05) is 31.1 Å². The number of rotatable bonds is 6. The van der Waals surface area contributed by atoms with Crippen LogP contribution >= 0.6 is 11.6 Å². The molecule has 172 valence electrons. The van der Waals surface area contributed by atoms with E-state index in [1.54, 1.807) is 10.7 Å². The van der Waals surface area contributed by atoms with Gasteiger partial charge in [0.05, 0.1) is 5.69 Å². The maximum atomic E-state index is 13.1. The van der Waals surface area contributed by atoms with Gasteiger partial charge in [0.1, 0.15) is 12.4 Å². The molecule has 1 aliphatic rings. The van der Waals surface area contributed by atoms with Gasteiger partial charge in [-0.25, -0.2) is 0 Å². The van der Waals surface area contributed by atoms with E-state index in [4.69, 9.17) is 16.3 Å². The minimum atomic E-state index is -0.0180. The molecule has 0 atom stereocenters. The summed E-state index contributed by atoms with van der Waals surface area (Å²) in [5, 5.41) is 12.9. The molecule has 0 saturated carbocycles. The fourth-order valence-electron chi connectivity index (χ4n) is 3.92. The third-order valence-corrected chi connectivity index (χ3v) is 5.91. The van der Waals surface area contributed by atoms with Gasteiger partial charge in [-0.05, 0) is 58.5 Å². The highest BCUT2D eigenvalue weighted by molar-refractivity contribution is 6.30. The lowest BCUT2D eigenvalue weighted by Gasteiger charge is -2.34. The summed E-state index contributed by atoms with van der Waals surface area (Å²) < 4.78 is 7.60. The minimum Gasteiger partial charge on any atom is -0.489 e. The fraction of sp³-hybridized carbons (Fsp3) is 0.200. The second-order valence-corrected chi connectivity index (χ2v) is 8.39. The Hall–Kier alpha value is -3.91. The molecule has 4 aromatic rings. The second kappa shape index (κ2) is 9.93. The van der Waals surface area contributed by atoms with Gasteiger partial charge in [0.2, 0.25) is 5.95 Å². The van der Waals surface area contributed by atoms with Crippen molar-refractivity contribution in [2.45, 2.75) is 6.61 Å². The average molecular weight is 475 g/mol. The monoisotopic (exact) mass is 474 g/mol. The number of hydrogen-bond acceptors (Lipinski definition) is 6. The molecule has 34 heavy (non-hydrogen) atoms. The van der Waals surface area contributed by atoms with Gasteiger partial charge in [-0.2, -0.15) is 4.68 Å². The van der Waals surface area contributed by atoms with Gasteiger partial charge in [-0.15, -0.1) is 0 Å². The first-order chi connectivity index (χ1) is 16.7. The Kier molecular flexibility index (Phi) is 6.40. The van der Waals surface area contributed by atoms with Crippen molar-refractivity contribution in [3.8, 4) is 11.4 Å². The number of piperazine rings is 1. The molecule has 0 N–H and O–H groups in total. The molecule has 0 spiro atoms. The Labute approximate surface area is 202 Å². The molecule has 9 heteroatoms. The van der Waals surface area contributed by atoms with E-state index < -0.39 is 0 Å². The lowest BCUT2D eigenvalue weighted by Crippen LogP contribution is -2.49. The standard InChI is InChI=1S/C25H23ClN6O2/c26-21-8-4-6-19(16-21)18-34-23-11-5-7-20(17-23)24(33)30-12-14-31(15-13-30)25-27-28-29-32(25)22-9-2-1-3-10-22/h1-11,16-17H,12-15,18H2. The van der Waals surface area contributed by atoms with E-state index in [0.29, 0.717) is 55.1 Å². The normalized spacial score (nSPS) is 13.7. The molecule has 0 bridgehead atoms. The molecular weight excluding hydrogens is 452 g/mol. The van der Waals surface area contributed by atoms with Crippen LogP contribution in [0.5, 0.6) is 5.75 Å². The summed E-state index contributed by atoms with van der Waals surface area (Å²) in [4.78, 5) is 17.1. The van der Waals surface area contributed by atoms with Crippen molar-refractivity contribution in [3.63, 3.8) is 0 Å². The largest absolute Gasteiger partial charge is 0.489 e. The van der Waals surface area contributed by atoms with Crippen LogP contribution in [-0.4, -0.2) is 57.2 Å². The molecule has 3 aromatic carbocycles. The molecule has 2 heterocycles. The highest BCUT2D eigenvalue weighted by Crippen LogP contribution is 2.21. The molecule has 1 aliphatic heterocycles. The lowest BCUT2D eigenvalue weighted by atomic mass is 10.1. The zero-order valence-corrected chi connectivity index (χ0v) is 19.2. The van der Waals surface area contributed by atoms with Crippen molar-refractivity contribution in [3.05, 3.63) is 95.0 Å². The minimum absolute atomic E-state index is 0.0180. The van der Waals surface area contributed by atoms with Gasteiger partial charge in [-0.3, -0.25) is 4.79 Å². The molecule has 1 fully saturated rings. The van der Waals surface area contributed by atoms with Gasteiger partial charge in [0.25, 0.3) is 5.91 Å². The summed E-state index contributed by atoms with van der Waals surface area (Å²) in [6.07, 6.45) is 0. The Morgan fingerprint density at radius 2 is 1.71 bits per heavy atom. The number of hydrogen-bond donors (Lipinski definition) is 0. The van der Waals surface area contributed by atoms with Crippen molar-refractivity contribution in [1.29, 1.82) is 0 Å². The highest BCUT2D eigenvalue weighted by Gasteiger charge is 2.25. The summed E-state index contributed by atoms with van der Waals surface area (Å²) in [7, 11) is 0. The van der Waals surface area contributed by atoms with Crippen molar-refractivity contribution >= 4 is 23.5 Å². The van der Waals surface area contributed by atoms with Crippen molar-refractivity contribution < 1.29 is 9.53 Å². The second-order valence-electron chi connectivity index (χ2n) is 7.95. The zero-order chi connectivity index (χ0) is 23.3. The van der Waals surface area contributed by atoms with Crippen LogP contribution in [0.3, 0.4) is 0 Å². The first-order valence-corrected chi connectivity index (χ1v) is 11.4. The summed E-state index contributed by atoms with van der Waals surface area (Å²) in [6, 6.07) is 24.6. The SMILES string of the molecule is O=C(c1cccc(OCc2cccc(Cl)c2)c1)N1CCN(c2nnnn2-c2ccccc2)CC1. The van der Waals surface area contributed by atoms with E-state index in [-0.39, 0.29) is 5.91 Å². The van der Waals surface area contributed by atoms with Crippen LogP contribution in [0.25, 0.3) is 5.69 Å². The molecule has 0 radical (unpaired) electrons. The number of nitrogens with zero attached hydrogens (tertiary/aromatic N) is 6. The third kappa shape index (κ3) is 4.87. The van der Waals surface area contributed by atoms with Crippen LogP contribution in [0.4, 0.5) is 5.95 Å². The van der Waals surface area contributed by atoms with Crippen LogP contribution in [0.15, 0.2) is 78.9 Å². The van der Waals surface area contributed by atoms with Crippen LogP contribution in [0.1, 0.15) is 15.9 Å². The Bertz CT molecular complexity index is 1270. The Balaban J connectivity index is 1.21. The number of ether oxygens (including phenoxy) is 1. The number of tetrazole rings is 1. The van der Waals surface area contributed by atoms with E-state index in [2.05, 4.69) is 20.4 Å². The first-order valence-electron chi connectivity index (χ1n) is 11.0. The topological polar surface area (TPSA) is 76.4 Å². The van der Waals surface area contributed by atoms with E-state index in [0.717, 1.165) is 11.3 Å². The molecule has 0 aliphatic carbocycles. The van der Waals surface area contributed by atoms with Crippen LogP contribution in [-0.2, 0) is 6.61 Å². The summed E-state index contributed by atoms with van der Waals surface area (Å²) in [5.41, 5.74) is 2.47. The molecule has 1 aromatic heterocycles. The van der Waals surface area contributed by atoms with Gasteiger partial charge in [0, 0.05) is 36.8 Å². The average Bonchev–Trinajstić information content (AvgIpc) is 3.38. The van der Waals surface area contributed by atoms with Crippen molar-refractivity contribution in [1.82, 2.24) is 25.1 Å². The van der Waals surface area contributed by atoms with E-state index in [1.165, 1.54) is 0 Å². The maximum Gasteiger partial charge on any atom is 0.254 e. The number of para-hydroxylation sites is 1. The zero-order valence-electron chi connectivity index (χ0n) is 18.4. The number of aromatic nitrogens is 4. The Morgan fingerprint density at radius 3 is 2.50 bits per heavy atom. The van der Waals surface area contributed by atoms with E-state index >= 15 is 0 Å². The molecule has 0 unspecified atom stereocenters. The summed E-state index contributed by atoms with van der Waals surface area (Å²) >= 11 is 6.04. The molecule has 8 nitrogen and oxygen atoms in total. The summed E-state index contributed by atoms with van der Waals surface area (Å²) in [5.74, 6) is 1.30. The van der Waals surface area contributed by atoms with E-state index in [1.807, 2.05) is 77.7 Å². The quantitative estimate of drug-likeness (QED) is 0.422. The number of carbonyl (C=O) groups is 1. The van der Waals surface area contributed by atoms with E-state index in [9.17, 15) is 4.79 Å². The third-order valence-electron chi connectivity index (χ3n) is 5.68. The smallest absolute Gasteiger partial charge is 0.254 e. The van der Waals surface area contributed by atoms with Crippen molar-refractivity contribution in [2.24, 2.45) is 0 Å². The fourth-order valence-corrected chi connectivity index (χ4v) is 4.13. The van der Waals surface area contributed by atoms with Crippen LogP contribution in [0, 0.1) is 0 Å². The molecular formula is C25H23ClN6O2. The number of halogens is 1. The van der Waals surface area contributed by atoms with Crippen LogP contribution in [0.2, 0.25) is 5.02 Å². The molecule has 1 amide bonds. The number of carbonyl (C=O) groups excluding carboxylic acids is 1. The van der Waals surface area contributed by atoms with Gasteiger partial charge in [-0.1, -0.05) is 53.1 Å². The predicted molar refractivity (Wildman–Crippen MR) is 129 cm³/mol. The van der Waals surface area contributed by atoms with Gasteiger partial charge in [0.15, 0.2) is 0 Å². The van der Waals surface area contributed by atoms with Crippen LogP contribution < -0.4 is 9.64 Å². The molecule has 1 saturated heterocycles. The maximum absolute atomic E-state index is 13.1. The van der Waals surface area contributed by atoms with Gasteiger partial charge < -0.3 is 14.5 Å². The number of amides is 1.